The highest BCUT2D eigenvalue weighted by Crippen LogP contribution is 2.24. The van der Waals surface area contributed by atoms with Gasteiger partial charge in [-0.25, -0.2) is 19.1 Å². The van der Waals surface area contributed by atoms with Crippen molar-refractivity contribution in [1.29, 1.82) is 0 Å². The number of tetrazole rings is 1. The Morgan fingerprint density at radius 2 is 1.86 bits per heavy atom. The van der Waals surface area contributed by atoms with Gasteiger partial charge in [0.05, 0.1) is 12.2 Å². The Labute approximate surface area is 201 Å². The van der Waals surface area contributed by atoms with Crippen LogP contribution in [0.4, 0.5) is 0 Å². The van der Waals surface area contributed by atoms with Gasteiger partial charge < -0.3 is 0 Å². The van der Waals surface area contributed by atoms with Crippen molar-refractivity contribution in [3.05, 3.63) is 77.0 Å². The molecule has 178 valence electrons. The molecule has 4 heterocycles. The van der Waals surface area contributed by atoms with Crippen molar-refractivity contribution in [2.75, 3.05) is 0 Å². The minimum Gasteiger partial charge on any atom is -0.290 e. The van der Waals surface area contributed by atoms with E-state index in [0.717, 1.165) is 47.3 Å². The number of pyridine rings is 1. The van der Waals surface area contributed by atoms with Gasteiger partial charge in [-0.1, -0.05) is 38.5 Å². The first-order valence-electron chi connectivity index (χ1n) is 11.7. The van der Waals surface area contributed by atoms with Gasteiger partial charge in [0, 0.05) is 30.2 Å². The van der Waals surface area contributed by atoms with Crippen LogP contribution in [0.3, 0.4) is 0 Å². The van der Waals surface area contributed by atoms with Crippen molar-refractivity contribution in [2.45, 2.75) is 46.2 Å². The number of hydrogen-bond donors (Lipinski definition) is 1. The van der Waals surface area contributed by atoms with E-state index in [1.807, 2.05) is 42.6 Å². The van der Waals surface area contributed by atoms with Crippen LogP contribution in [0.1, 0.15) is 38.1 Å². The summed E-state index contributed by atoms with van der Waals surface area (Å²) in [5.74, 6) is 1.14. The molecule has 0 aliphatic heterocycles. The van der Waals surface area contributed by atoms with E-state index in [1.54, 1.807) is 20.0 Å². The van der Waals surface area contributed by atoms with E-state index >= 15 is 0 Å². The molecule has 0 atom stereocenters. The quantitative estimate of drug-likeness (QED) is 0.351. The van der Waals surface area contributed by atoms with Gasteiger partial charge in [0.2, 0.25) is 5.95 Å². The number of nitrogens with zero attached hydrogens (tertiary/aromatic N) is 9. The molecule has 11 nitrogen and oxygen atoms in total. The molecule has 0 unspecified atom stereocenters. The van der Waals surface area contributed by atoms with Crippen LogP contribution in [0.2, 0.25) is 0 Å². The standard InChI is InChI=1S/C24H26N10O/c1-3-6-21-15-33(23-26-16-27-34(23)11-4-2)24(35)32(21)14-20-13-18(9-10-25-20)17-7-5-8-19(12-17)22-28-30-31-29-22/h5,7-10,12-13,15-16H,3-4,6,11,14H2,1-2H3,(H,28,29,30,31). The van der Waals surface area contributed by atoms with E-state index in [0.29, 0.717) is 24.9 Å². The first kappa shape index (κ1) is 22.4. The Morgan fingerprint density at radius 1 is 1.00 bits per heavy atom. The summed E-state index contributed by atoms with van der Waals surface area (Å²) in [6.45, 7) is 5.23. The van der Waals surface area contributed by atoms with Crippen molar-refractivity contribution in [3.8, 4) is 28.5 Å². The van der Waals surface area contributed by atoms with E-state index in [4.69, 9.17) is 0 Å². The zero-order valence-electron chi connectivity index (χ0n) is 19.7. The van der Waals surface area contributed by atoms with Crippen LogP contribution in [0.5, 0.6) is 0 Å². The molecule has 0 bridgehead atoms. The molecule has 0 fully saturated rings. The summed E-state index contributed by atoms with van der Waals surface area (Å²) in [6.07, 6.45) is 7.73. The average molecular weight is 471 g/mol. The normalized spacial score (nSPS) is 11.3. The number of aryl methyl sites for hydroxylation is 2. The van der Waals surface area contributed by atoms with Crippen molar-refractivity contribution >= 4 is 0 Å². The van der Waals surface area contributed by atoms with Crippen molar-refractivity contribution in [1.82, 2.24) is 49.5 Å². The van der Waals surface area contributed by atoms with E-state index in [-0.39, 0.29) is 5.69 Å². The number of imidazole rings is 1. The molecule has 0 spiro atoms. The first-order chi connectivity index (χ1) is 17.2. The molecule has 4 aromatic heterocycles. The summed E-state index contributed by atoms with van der Waals surface area (Å²) >= 11 is 0. The second-order valence-corrected chi connectivity index (χ2v) is 8.26. The van der Waals surface area contributed by atoms with E-state index in [1.165, 1.54) is 6.33 Å². The van der Waals surface area contributed by atoms with Crippen LogP contribution in [-0.4, -0.2) is 49.5 Å². The fourth-order valence-corrected chi connectivity index (χ4v) is 4.14. The Morgan fingerprint density at radius 3 is 2.66 bits per heavy atom. The maximum absolute atomic E-state index is 13.4. The Balaban J connectivity index is 1.49. The van der Waals surface area contributed by atoms with Crippen LogP contribution in [-0.2, 0) is 19.5 Å². The van der Waals surface area contributed by atoms with Gasteiger partial charge in [-0.05, 0) is 52.6 Å². The van der Waals surface area contributed by atoms with E-state index in [2.05, 4.69) is 49.5 Å². The van der Waals surface area contributed by atoms with Gasteiger partial charge in [0.15, 0.2) is 5.82 Å². The number of rotatable bonds is 9. The monoisotopic (exact) mass is 470 g/mol. The highest BCUT2D eigenvalue weighted by Gasteiger charge is 2.17. The smallest absolute Gasteiger partial charge is 0.290 e. The Hall–Kier alpha value is -4.41. The van der Waals surface area contributed by atoms with Crippen LogP contribution in [0, 0.1) is 0 Å². The third-order valence-electron chi connectivity index (χ3n) is 5.77. The topological polar surface area (TPSA) is 125 Å². The molecule has 35 heavy (non-hydrogen) atoms. The largest absolute Gasteiger partial charge is 0.335 e. The predicted octanol–water partition coefficient (Wildman–Crippen LogP) is 2.88. The SMILES string of the molecule is CCCc1cn(-c2ncnn2CCC)c(=O)n1Cc1cc(-c2cccc(-c3nnn[nH]3)c2)ccn1. The van der Waals surface area contributed by atoms with E-state index in [9.17, 15) is 4.79 Å². The maximum Gasteiger partial charge on any atom is 0.335 e. The number of hydrogen-bond acceptors (Lipinski definition) is 7. The number of aromatic nitrogens is 10. The highest BCUT2D eigenvalue weighted by molar-refractivity contribution is 5.70. The summed E-state index contributed by atoms with van der Waals surface area (Å²) in [7, 11) is 0. The molecule has 0 aliphatic carbocycles. The van der Waals surface area contributed by atoms with Gasteiger partial charge in [-0.3, -0.25) is 9.55 Å². The lowest BCUT2D eigenvalue weighted by Crippen LogP contribution is -2.27. The number of aromatic amines is 1. The first-order valence-corrected chi connectivity index (χ1v) is 11.7. The van der Waals surface area contributed by atoms with Crippen molar-refractivity contribution in [2.24, 2.45) is 0 Å². The number of nitrogens with one attached hydrogen (secondary N) is 1. The van der Waals surface area contributed by atoms with Gasteiger partial charge in [-0.15, -0.1) is 5.10 Å². The van der Waals surface area contributed by atoms with Gasteiger partial charge in [0.25, 0.3) is 0 Å². The molecule has 0 radical (unpaired) electrons. The zero-order valence-corrected chi connectivity index (χ0v) is 19.7. The van der Waals surface area contributed by atoms with Gasteiger partial charge in [-0.2, -0.15) is 10.1 Å². The minimum absolute atomic E-state index is 0.147. The number of H-pyrrole nitrogens is 1. The molecule has 0 aliphatic rings. The zero-order chi connectivity index (χ0) is 24.2. The van der Waals surface area contributed by atoms with Crippen molar-refractivity contribution < 1.29 is 0 Å². The van der Waals surface area contributed by atoms with Gasteiger partial charge in [0.1, 0.15) is 6.33 Å². The summed E-state index contributed by atoms with van der Waals surface area (Å²) in [5, 5.41) is 18.4. The highest BCUT2D eigenvalue weighted by atomic mass is 16.2. The minimum atomic E-state index is -0.147. The van der Waals surface area contributed by atoms with Crippen molar-refractivity contribution in [3.63, 3.8) is 0 Å². The molecule has 1 N–H and O–H groups in total. The lowest BCUT2D eigenvalue weighted by atomic mass is 10.0. The lowest BCUT2D eigenvalue weighted by Gasteiger charge is -2.09. The number of benzene rings is 1. The van der Waals surface area contributed by atoms with E-state index < -0.39 is 0 Å². The summed E-state index contributed by atoms with van der Waals surface area (Å²) in [5.41, 5.74) is 4.48. The second-order valence-electron chi connectivity index (χ2n) is 8.26. The van der Waals surface area contributed by atoms with Crippen LogP contribution >= 0.6 is 0 Å². The molecular weight excluding hydrogens is 444 g/mol. The molecule has 0 amide bonds. The molecule has 0 saturated heterocycles. The summed E-state index contributed by atoms with van der Waals surface area (Å²) in [6, 6.07) is 11.9. The maximum atomic E-state index is 13.4. The van der Waals surface area contributed by atoms with Crippen LogP contribution in [0.15, 0.2) is 59.9 Å². The Bertz CT molecular complexity index is 1480. The summed E-state index contributed by atoms with van der Waals surface area (Å²) in [4.78, 5) is 22.3. The molecule has 11 heteroatoms. The van der Waals surface area contributed by atoms with Crippen LogP contribution < -0.4 is 5.69 Å². The third kappa shape index (κ3) is 4.52. The Kier molecular flexibility index (Phi) is 6.29. The molecule has 1 aromatic carbocycles. The molecule has 0 saturated carbocycles. The molecule has 5 aromatic rings. The molecular formula is C24H26N10O. The van der Waals surface area contributed by atoms with Crippen LogP contribution in [0.25, 0.3) is 28.5 Å². The van der Waals surface area contributed by atoms with Gasteiger partial charge >= 0.3 is 5.69 Å². The average Bonchev–Trinajstić information content (AvgIpc) is 3.63. The third-order valence-corrected chi connectivity index (χ3v) is 5.77. The molecule has 5 rings (SSSR count). The lowest BCUT2D eigenvalue weighted by molar-refractivity contribution is 0.577. The second kappa shape index (κ2) is 9.84. The fourth-order valence-electron chi connectivity index (χ4n) is 4.14. The fraction of sp³-hybridized carbons (Fsp3) is 0.292. The summed E-state index contributed by atoms with van der Waals surface area (Å²) < 4.78 is 5.13. The predicted molar refractivity (Wildman–Crippen MR) is 130 cm³/mol.